The van der Waals surface area contributed by atoms with Crippen LogP contribution in [0.5, 0.6) is 0 Å². The Bertz CT molecular complexity index is 699. The van der Waals surface area contributed by atoms with Crippen LogP contribution in [0.25, 0.3) is 0 Å². The van der Waals surface area contributed by atoms with E-state index in [-0.39, 0.29) is 0 Å². The molecule has 1 saturated carbocycles. The number of carbonyl (C=O) groups is 1. The summed E-state index contributed by atoms with van der Waals surface area (Å²) in [6.45, 7) is 1.62. The number of carboxylic acids is 1. The van der Waals surface area contributed by atoms with Gasteiger partial charge in [0, 0.05) is 18.8 Å². The smallest absolute Gasteiger partial charge is 0.329 e. The number of methoxy groups -OCH3 is 1. The molecule has 0 aromatic heterocycles. The van der Waals surface area contributed by atoms with Gasteiger partial charge in [0.05, 0.1) is 6.07 Å². The number of allylic oxidation sites excluding steroid dienone is 1. The number of nitriles is 1. The molecule has 0 unspecified atom stereocenters. The van der Waals surface area contributed by atoms with Crippen molar-refractivity contribution in [3.8, 4) is 17.9 Å². The van der Waals surface area contributed by atoms with Gasteiger partial charge in [-0.2, -0.15) is 5.26 Å². The van der Waals surface area contributed by atoms with Gasteiger partial charge in [-0.05, 0) is 25.3 Å². The first-order valence-electron chi connectivity index (χ1n) is 6.96. The van der Waals surface area contributed by atoms with Crippen molar-refractivity contribution in [3.05, 3.63) is 47.5 Å². The molecule has 0 radical (unpaired) electrons. The molecule has 0 spiro atoms. The third-order valence-electron chi connectivity index (χ3n) is 3.90. The summed E-state index contributed by atoms with van der Waals surface area (Å²) in [6, 6.07) is 11.7. The summed E-state index contributed by atoms with van der Waals surface area (Å²) in [7, 11) is 1.54. The van der Waals surface area contributed by atoms with Gasteiger partial charge in [-0.3, -0.25) is 0 Å². The Morgan fingerprint density at radius 3 is 2.50 bits per heavy atom. The molecule has 1 aliphatic rings. The molecule has 0 bridgehead atoms. The Balaban J connectivity index is 2.55. The predicted octanol–water partition coefficient (Wildman–Crippen LogP) is 2.87. The van der Waals surface area contributed by atoms with E-state index in [4.69, 9.17) is 9.84 Å². The zero-order valence-corrected chi connectivity index (χ0v) is 12.6. The van der Waals surface area contributed by atoms with Crippen LogP contribution >= 0.6 is 0 Å². The standard InChI is InChI=1S/C18H17NO3/c1-14(12-16(20)21)8-9-18(22-2,17(13-19)10-11-17)15-6-4-3-5-7-15/h3-7,12H,10-11H2,1-2H3,(H,20,21)/b14-12-/t18-/m0/s1. The SMILES string of the molecule is CO[C@@](C#C/C(C)=C\C(=O)O)(c1ccccc1)C1(C#N)CC1. The molecule has 2 rings (SSSR count). The van der Waals surface area contributed by atoms with Crippen LogP contribution in [-0.4, -0.2) is 18.2 Å². The average molecular weight is 295 g/mol. The van der Waals surface area contributed by atoms with Gasteiger partial charge in [-0.25, -0.2) is 4.79 Å². The molecule has 0 heterocycles. The number of carboxylic acid groups (broad SMARTS) is 1. The summed E-state index contributed by atoms with van der Waals surface area (Å²) in [5.74, 6) is 4.83. The number of rotatable bonds is 4. The highest BCUT2D eigenvalue weighted by Crippen LogP contribution is 2.59. The molecule has 1 aromatic rings. The van der Waals surface area contributed by atoms with E-state index < -0.39 is 17.0 Å². The first kappa shape index (κ1) is 15.8. The van der Waals surface area contributed by atoms with E-state index >= 15 is 0 Å². The summed E-state index contributed by atoms with van der Waals surface area (Å²) in [5.41, 5.74) is -0.498. The maximum atomic E-state index is 10.7. The second kappa shape index (κ2) is 6.05. The molecule has 0 amide bonds. The largest absolute Gasteiger partial charge is 0.478 e. The number of aliphatic carboxylic acids is 1. The van der Waals surface area contributed by atoms with E-state index in [1.165, 1.54) is 7.11 Å². The van der Waals surface area contributed by atoms with E-state index in [0.717, 1.165) is 11.6 Å². The van der Waals surface area contributed by atoms with Gasteiger partial charge in [-0.15, -0.1) is 0 Å². The molecular weight excluding hydrogens is 278 g/mol. The zero-order chi connectivity index (χ0) is 16.2. The van der Waals surface area contributed by atoms with Gasteiger partial charge in [0.15, 0.2) is 5.60 Å². The molecule has 4 nitrogen and oxygen atoms in total. The summed E-state index contributed by atoms with van der Waals surface area (Å²) in [4.78, 5) is 10.7. The van der Waals surface area contributed by atoms with Crippen LogP contribution in [0.2, 0.25) is 0 Å². The fourth-order valence-corrected chi connectivity index (χ4v) is 2.58. The van der Waals surface area contributed by atoms with Crippen LogP contribution in [-0.2, 0) is 15.1 Å². The van der Waals surface area contributed by atoms with E-state index in [0.29, 0.717) is 18.4 Å². The first-order chi connectivity index (χ1) is 10.5. The fourth-order valence-electron chi connectivity index (χ4n) is 2.58. The van der Waals surface area contributed by atoms with Gasteiger partial charge in [0.2, 0.25) is 0 Å². The van der Waals surface area contributed by atoms with E-state index in [1.807, 2.05) is 30.3 Å². The van der Waals surface area contributed by atoms with Crippen molar-refractivity contribution < 1.29 is 14.6 Å². The van der Waals surface area contributed by atoms with Crippen LogP contribution in [0.3, 0.4) is 0 Å². The lowest BCUT2D eigenvalue weighted by atomic mass is 9.79. The lowest BCUT2D eigenvalue weighted by Gasteiger charge is -2.32. The molecule has 112 valence electrons. The number of hydrogen-bond acceptors (Lipinski definition) is 3. The quantitative estimate of drug-likeness (QED) is 0.685. The monoisotopic (exact) mass is 295 g/mol. The van der Waals surface area contributed by atoms with Gasteiger partial charge in [-0.1, -0.05) is 42.2 Å². The maximum Gasteiger partial charge on any atom is 0.329 e. The summed E-state index contributed by atoms with van der Waals surface area (Å²) in [6.07, 6.45) is 2.47. The highest BCUT2D eigenvalue weighted by atomic mass is 16.5. The van der Waals surface area contributed by atoms with Crippen molar-refractivity contribution in [2.24, 2.45) is 5.41 Å². The van der Waals surface area contributed by atoms with Gasteiger partial charge in [0.1, 0.15) is 5.41 Å². The van der Waals surface area contributed by atoms with Crippen molar-refractivity contribution in [1.82, 2.24) is 0 Å². The molecule has 22 heavy (non-hydrogen) atoms. The zero-order valence-electron chi connectivity index (χ0n) is 12.6. The highest BCUT2D eigenvalue weighted by molar-refractivity contribution is 5.81. The Labute approximate surface area is 130 Å². The van der Waals surface area contributed by atoms with Gasteiger partial charge < -0.3 is 9.84 Å². The van der Waals surface area contributed by atoms with E-state index in [1.54, 1.807) is 6.92 Å². The molecule has 1 fully saturated rings. The molecule has 1 aliphatic carbocycles. The molecule has 1 atom stereocenters. The third-order valence-corrected chi connectivity index (χ3v) is 3.90. The second-order valence-electron chi connectivity index (χ2n) is 5.36. The van der Waals surface area contributed by atoms with Crippen molar-refractivity contribution in [2.75, 3.05) is 7.11 Å². The minimum Gasteiger partial charge on any atom is -0.478 e. The fraction of sp³-hybridized carbons (Fsp3) is 0.333. The van der Waals surface area contributed by atoms with Crippen molar-refractivity contribution in [2.45, 2.75) is 25.4 Å². The van der Waals surface area contributed by atoms with Crippen molar-refractivity contribution >= 4 is 5.97 Å². The topological polar surface area (TPSA) is 70.3 Å². The first-order valence-corrected chi connectivity index (χ1v) is 6.96. The molecule has 1 N–H and O–H groups in total. The number of benzene rings is 1. The lowest BCUT2D eigenvalue weighted by Crippen LogP contribution is -2.37. The van der Waals surface area contributed by atoms with Gasteiger partial charge in [0.25, 0.3) is 0 Å². The Kier molecular flexibility index (Phi) is 4.35. The maximum absolute atomic E-state index is 10.7. The van der Waals surface area contributed by atoms with E-state index in [9.17, 15) is 10.1 Å². The summed E-state index contributed by atoms with van der Waals surface area (Å²) < 4.78 is 5.73. The van der Waals surface area contributed by atoms with Crippen LogP contribution < -0.4 is 0 Å². The number of nitrogens with zero attached hydrogens (tertiary/aromatic N) is 1. The number of hydrogen-bond donors (Lipinski definition) is 1. The summed E-state index contributed by atoms with van der Waals surface area (Å²) >= 11 is 0. The predicted molar refractivity (Wildman–Crippen MR) is 81.6 cm³/mol. The highest BCUT2D eigenvalue weighted by Gasteiger charge is 2.61. The van der Waals surface area contributed by atoms with Crippen molar-refractivity contribution in [1.29, 1.82) is 5.26 Å². The Hall–Kier alpha value is -2.56. The molecule has 1 aromatic carbocycles. The molecular formula is C18H17NO3. The minimum absolute atomic E-state index is 0.415. The van der Waals surface area contributed by atoms with Gasteiger partial charge >= 0.3 is 5.97 Å². The molecule has 0 saturated heterocycles. The van der Waals surface area contributed by atoms with Crippen molar-refractivity contribution in [3.63, 3.8) is 0 Å². The molecule has 0 aliphatic heterocycles. The normalized spacial score (nSPS) is 18.3. The third kappa shape index (κ3) is 2.74. The van der Waals surface area contributed by atoms with Crippen LogP contribution in [0.1, 0.15) is 25.3 Å². The summed E-state index contributed by atoms with van der Waals surface area (Å²) in [5, 5.41) is 18.4. The van der Waals surface area contributed by atoms with E-state index in [2.05, 4.69) is 17.9 Å². The Morgan fingerprint density at radius 2 is 2.05 bits per heavy atom. The lowest BCUT2D eigenvalue weighted by molar-refractivity contribution is -0.131. The van der Waals surface area contributed by atoms with Crippen LogP contribution in [0.15, 0.2) is 42.0 Å². The minimum atomic E-state index is -1.05. The second-order valence-corrected chi connectivity index (χ2v) is 5.36. The Morgan fingerprint density at radius 1 is 1.41 bits per heavy atom. The number of ether oxygens (including phenoxy) is 1. The van der Waals surface area contributed by atoms with Crippen LogP contribution in [0, 0.1) is 28.6 Å². The van der Waals surface area contributed by atoms with Crippen LogP contribution in [0.4, 0.5) is 0 Å². The molecule has 4 heteroatoms. The average Bonchev–Trinajstić information content (AvgIpc) is 3.30.